The van der Waals surface area contributed by atoms with Crippen molar-refractivity contribution in [2.45, 2.75) is 31.7 Å². The molecule has 1 fully saturated rings. The number of fused-ring (bicyclic) bond motifs is 1. The summed E-state index contributed by atoms with van der Waals surface area (Å²) in [7, 11) is 0. The SMILES string of the molecule is NCCC1CCCCN1c1ccc2[nH]ncc2c1. The third-order valence-electron chi connectivity index (χ3n) is 3.88. The number of anilines is 1. The Labute approximate surface area is 107 Å². The van der Waals surface area contributed by atoms with Crippen molar-refractivity contribution in [3.8, 4) is 0 Å². The van der Waals surface area contributed by atoms with E-state index in [1.807, 2.05) is 6.20 Å². The quantitative estimate of drug-likeness (QED) is 0.870. The molecule has 0 saturated carbocycles. The number of hydrogen-bond acceptors (Lipinski definition) is 3. The van der Waals surface area contributed by atoms with E-state index < -0.39 is 0 Å². The number of aromatic amines is 1. The second-order valence-corrected chi connectivity index (χ2v) is 5.06. The zero-order chi connectivity index (χ0) is 12.4. The van der Waals surface area contributed by atoms with Crippen LogP contribution in [0.4, 0.5) is 5.69 Å². The standard InChI is InChI=1S/C14H20N4/c15-7-6-12-3-1-2-8-18(12)13-4-5-14-11(9-13)10-16-17-14/h4-5,9-10,12H,1-3,6-8,15H2,(H,16,17). The molecule has 2 aromatic rings. The molecule has 1 aromatic heterocycles. The van der Waals surface area contributed by atoms with Crippen LogP contribution in [0.15, 0.2) is 24.4 Å². The molecule has 1 aliphatic heterocycles. The maximum absolute atomic E-state index is 5.73. The number of H-pyrrole nitrogens is 1. The molecule has 0 radical (unpaired) electrons. The molecule has 1 saturated heterocycles. The van der Waals surface area contributed by atoms with Crippen molar-refractivity contribution >= 4 is 16.6 Å². The predicted octanol–water partition coefficient (Wildman–Crippen LogP) is 2.27. The molecule has 18 heavy (non-hydrogen) atoms. The predicted molar refractivity (Wildman–Crippen MR) is 74.8 cm³/mol. The summed E-state index contributed by atoms with van der Waals surface area (Å²) in [6.07, 6.45) is 6.85. The van der Waals surface area contributed by atoms with Crippen LogP contribution >= 0.6 is 0 Å². The molecule has 4 heteroatoms. The minimum Gasteiger partial charge on any atom is -0.368 e. The third-order valence-corrected chi connectivity index (χ3v) is 3.88. The lowest BCUT2D eigenvalue weighted by molar-refractivity contribution is 0.442. The van der Waals surface area contributed by atoms with Crippen LogP contribution in [-0.2, 0) is 0 Å². The first-order valence-electron chi connectivity index (χ1n) is 6.78. The van der Waals surface area contributed by atoms with Gasteiger partial charge in [-0.2, -0.15) is 5.10 Å². The molecular weight excluding hydrogens is 224 g/mol. The molecular formula is C14H20N4. The van der Waals surface area contributed by atoms with E-state index in [-0.39, 0.29) is 0 Å². The van der Waals surface area contributed by atoms with Crippen molar-refractivity contribution in [1.82, 2.24) is 10.2 Å². The van der Waals surface area contributed by atoms with E-state index in [4.69, 9.17) is 5.73 Å². The Morgan fingerprint density at radius 2 is 2.33 bits per heavy atom. The van der Waals surface area contributed by atoms with Gasteiger partial charge >= 0.3 is 0 Å². The number of rotatable bonds is 3. The average molecular weight is 244 g/mol. The summed E-state index contributed by atoms with van der Waals surface area (Å²) in [5.74, 6) is 0. The number of nitrogens with zero attached hydrogens (tertiary/aromatic N) is 2. The van der Waals surface area contributed by atoms with Crippen LogP contribution in [0.2, 0.25) is 0 Å². The Bertz CT molecular complexity index is 517. The van der Waals surface area contributed by atoms with Gasteiger partial charge < -0.3 is 10.6 Å². The maximum atomic E-state index is 5.73. The molecule has 1 aromatic carbocycles. The van der Waals surface area contributed by atoms with Gasteiger partial charge in [0.25, 0.3) is 0 Å². The van der Waals surface area contributed by atoms with Crippen molar-refractivity contribution in [2.75, 3.05) is 18.0 Å². The highest BCUT2D eigenvalue weighted by molar-refractivity contribution is 5.82. The second-order valence-electron chi connectivity index (χ2n) is 5.06. The molecule has 4 nitrogen and oxygen atoms in total. The molecule has 1 aliphatic rings. The highest BCUT2D eigenvalue weighted by Gasteiger charge is 2.22. The topological polar surface area (TPSA) is 57.9 Å². The Morgan fingerprint density at radius 3 is 3.22 bits per heavy atom. The van der Waals surface area contributed by atoms with E-state index in [9.17, 15) is 0 Å². The summed E-state index contributed by atoms with van der Waals surface area (Å²) in [5, 5.41) is 8.26. The third kappa shape index (κ3) is 2.08. The number of piperidine rings is 1. The van der Waals surface area contributed by atoms with Crippen molar-refractivity contribution in [3.05, 3.63) is 24.4 Å². The maximum Gasteiger partial charge on any atom is 0.0651 e. The smallest absolute Gasteiger partial charge is 0.0651 e. The molecule has 0 amide bonds. The number of benzene rings is 1. The summed E-state index contributed by atoms with van der Waals surface area (Å²) in [4.78, 5) is 2.52. The highest BCUT2D eigenvalue weighted by Crippen LogP contribution is 2.28. The summed E-state index contributed by atoms with van der Waals surface area (Å²) in [5.41, 5.74) is 8.14. The van der Waals surface area contributed by atoms with Crippen LogP contribution in [0.1, 0.15) is 25.7 Å². The van der Waals surface area contributed by atoms with Crippen molar-refractivity contribution in [3.63, 3.8) is 0 Å². The molecule has 2 heterocycles. The van der Waals surface area contributed by atoms with Crippen molar-refractivity contribution < 1.29 is 0 Å². The fourth-order valence-corrected chi connectivity index (χ4v) is 2.94. The van der Waals surface area contributed by atoms with E-state index >= 15 is 0 Å². The van der Waals surface area contributed by atoms with Crippen LogP contribution < -0.4 is 10.6 Å². The van der Waals surface area contributed by atoms with Gasteiger partial charge in [0.1, 0.15) is 0 Å². The minimum absolute atomic E-state index is 0.605. The van der Waals surface area contributed by atoms with Crippen molar-refractivity contribution in [1.29, 1.82) is 0 Å². The molecule has 0 spiro atoms. The van der Waals surface area contributed by atoms with Crippen molar-refractivity contribution in [2.24, 2.45) is 5.73 Å². The van der Waals surface area contributed by atoms with Gasteiger partial charge in [0.15, 0.2) is 0 Å². The number of hydrogen-bond donors (Lipinski definition) is 2. The fourth-order valence-electron chi connectivity index (χ4n) is 2.94. The lowest BCUT2D eigenvalue weighted by Crippen LogP contribution is -2.40. The van der Waals surface area contributed by atoms with Gasteiger partial charge in [-0.25, -0.2) is 0 Å². The van der Waals surface area contributed by atoms with Crippen LogP contribution in [0.5, 0.6) is 0 Å². The van der Waals surface area contributed by atoms with Gasteiger partial charge in [-0.15, -0.1) is 0 Å². The van der Waals surface area contributed by atoms with E-state index in [0.29, 0.717) is 6.04 Å². The van der Waals surface area contributed by atoms with Gasteiger partial charge in [0.05, 0.1) is 11.7 Å². The average Bonchev–Trinajstić information content (AvgIpc) is 2.87. The normalized spacial score (nSPS) is 20.5. The molecule has 3 rings (SSSR count). The van der Waals surface area contributed by atoms with Gasteiger partial charge in [0, 0.05) is 23.7 Å². The molecule has 0 bridgehead atoms. The summed E-state index contributed by atoms with van der Waals surface area (Å²) in [6.45, 7) is 1.92. The number of nitrogens with one attached hydrogen (secondary N) is 1. The molecule has 1 atom stereocenters. The summed E-state index contributed by atoms with van der Waals surface area (Å²) in [6, 6.07) is 7.14. The second kappa shape index (κ2) is 4.98. The Hall–Kier alpha value is -1.55. The molecule has 0 aliphatic carbocycles. The zero-order valence-electron chi connectivity index (χ0n) is 10.6. The van der Waals surface area contributed by atoms with Crippen LogP contribution in [-0.4, -0.2) is 29.3 Å². The number of nitrogens with two attached hydrogens (primary N) is 1. The van der Waals surface area contributed by atoms with Crippen LogP contribution in [0, 0.1) is 0 Å². The largest absolute Gasteiger partial charge is 0.368 e. The highest BCUT2D eigenvalue weighted by atomic mass is 15.2. The monoisotopic (exact) mass is 244 g/mol. The lowest BCUT2D eigenvalue weighted by Gasteiger charge is -2.37. The Morgan fingerprint density at radius 1 is 1.39 bits per heavy atom. The minimum atomic E-state index is 0.605. The van der Waals surface area contributed by atoms with Crippen LogP contribution in [0.25, 0.3) is 10.9 Å². The van der Waals surface area contributed by atoms with E-state index in [1.165, 1.54) is 30.3 Å². The van der Waals surface area contributed by atoms with Gasteiger partial charge in [-0.05, 0) is 50.4 Å². The van der Waals surface area contributed by atoms with E-state index in [0.717, 1.165) is 25.0 Å². The Balaban J connectivity index is 1.90. The van der Waals surface area contributed by atoms with Gasteiger partial charge in [-0.1, -0.05) is 0 Å². The number of aromatic nitrogens is 2. The molecule has 96 valence electrons. The first kappa shape index (κ1) is 11.5. The fraction of sp³-hybridized carbons (Fsp3) is 0.500. The first-order chi connectivity index (χ1) is 8.88. The van der Waals surface area contributed by atoms with Gasteiger partial charge in [0.2, 0.25) is 0 Å². The lowest BCUT2D eigenvalue weighted by atomic mass is 9.98. The first-order valence-corrected chi connectivity index (χ1v) is 6.78. The van der Waals surface area contributed by atoms with Crippen LogP contribution in [0.3, 0.4) is 0 Å². The Kier molecular flexibility index (Phi) is 3.19. The summed E-state index contributed by atoms with van der Waals surface area (Å²) < 4.78 is 0. The molecule has 3 N–H and O–H groups in total. The molecule has 1 unspecified atom stereocenters. The summed E-state index contributed by atoms with van der Waals surface area (Å²) >= 11 is 0. The van der Waals surface area contributed by atoms with Gasteiger partial charge in [-0.3, -0.25) is 5.10 Å². The van der Waals surface area contributed by atoms with E-state index in [2.05, 4.69) is 33.3 Å². The zero-order valence-corrected chi connectivity index (χ0v) is 10.6. The van der Waals surface area contributed by atoms with E-state index in [1.54, 1.807) is 0 Å².